The number of ether oxygens (including phenoxy) is 1. The van der Waals surface area contributed by atoms with E-state index in [1.807, 2.05) is 13.0 Å². The zero-order chi connectivity index (χ0) is 9.97. The van der Waals surface area contributed by atoms with Gasteiger partial charge in [0.15, 0.2) is 0 Å². The maximum absolute atomic E-state index is 6.18. The molecule has 1 aromatic heterocycles. The van der Waals surface area contributed by atoms with Crippen molar-refractivity contribution in [1.82, 2.24) is 4.98 Å². The van der Waals surface area contributed by atoms with E-state index in [2.05, 4.69) is 9.88 Å². The lowest BCUT2D eigenvalue weighted by Gasteiger charge is -2.29. The van der Waals surface area contributed by atoms with Gasteiger partial charge in [-0.3, -0.25) is 4.98 Å². The maximum Gasteiger partial charge on any atom is 0.0851 e. The highest BCUT2D eigenvalue weighted by Crippen LogP contribution is 2.27. The average molecular weight is 213 g/mol. The molecular formula is C10H13ClN2O. The molecule has 0 N–H and O–H groups in total. The van der Waals surface area contributed by atoms with E-state index in [9.17, 15) is 0 Å². The number of hydrogen-bond donors (Lipinski definition) is 0. The Morgan fingerprint density at radius 1 is 1.43 bits per heavy atom. The fourth-order valence-electron chi connectivity index (χ4n) is 1.58. The molecule has 2 rings (SSSR count). The summed E-state index contributed by atoms with van der Waals surface area (Å²) < 4.78 is 5.29. The summed E-state index contributed by atoms with van der Waals surface area (Å²) in [5.74, 6) is 0. The van der Waals surface area contributed by atoms with Crippen molar-refractivity contribution in [3.63, 3.8) is 0 Å². The van der Waals surface area contributed by atoms with E-state index in [1.165, 1.54) is 0 Å². The predicted molar refractivity (Wildman–Crippen MR) is 57.0 cm³/mol. The lowest BCUT2D eigenvalue weighted by Crippen LogP contribution is -2.36. The number of halogens is 1. The summed E-state index contributed by atoms with van der Waals surface area (Å²) in [5, 5.41) is 0.759. The molecule has 1 fully saturated rings. The van der Waals surface area contributed by atoms with Gasteiger partial charge in [0, 0.05) is 19.3 Å². The van der Waals surface area contributed by atoms with Gasteiger partial charge >= 0.3 is 0 Å². The molecule has 14 heavy (non-hydrogen) atoms. The molecule has 1 aliphatic rings. The Hall–Kier alpha value is -0.800. The highest BCUT2D eigenvalue weighted by molar-refractivity contribution is 6.33. The molecule has 0 unspecified atom stereocenters. The molecule has 0 bridgehead atoms. The van der Waals surface area contributed by atoms with Gasteiger partial charge in [0.2, 0.25) is 0 Å². The fourth-order valence-corrected chi connectivity index (χ4v) is 1.81. The van der Waals surface area contributed by atoms with Crippen LogP contribution in [0.5, 0.6) is 0 Å². The summed E-state index contributed by atoms with van der Waals surface area (Å²) in [6.07, 6.45) is 1.80. The molecular weight excluding hydrogens is 200 g/mol. The SMILES string of the molecule is Cc1nccc(N2CCOCC2)c1Cl. The molecule has 1 saturated heterocycles. The Kier molecular flexibility index (Phi) is 2.89. The van der Waals surface area contributed by atoms with Crippen molar-refractivity contribution in [3.05, 3.63) is 23.0 Å². The number of nitrogens with zero attached hydrogens (tertiary/aromatic N) is 2. The van der Waals surface area contributed by atoms with Gasteiger partial charge in [0.1, 0.15) is 0 Å². The maximum atomic E-state index is 6.18. The molecule has 0 aromatic carbocycles. The van der Waals surface area contributed by atoms with Crippen molar-refractivity contribution < 1.29 is 4.74 Å². The monoisotopic (exact) mass is 212 g/mol. The first kappa shape index (κ1) is 9.74. The number of hydrogen-bond acceptors (Lipinski definition) is 3. The molecule has 2 heterocycles. The van der Waals surface area contributed by atoms with Crippen LogP contribution in [0.25, 0.3) is 0 Å². The van der Waals surface area contributed by atoms with Crippen molar-refractivity contribution in [2.75, 3.05) is 31.2 Å². The van der Waals surface area contributed by atoms with Crippen molar-refractivity contribution in [1.29, 1.82) is 0 Å². The van der Waals surface area contributed by atoms with Crippen LogP contribution in [0.1, 0.15) is 5.69 Å². The van der Waals surface area contributed by atoms with Crippen LogP contribution in [-0.2, 0) is 4.74 Å². The van der Waals surface area contributed by atoms with Gasteiger partial charge in [-0.2, -0.15) is 0 Å². The molecule has 76 valence electrons. The van der Waals surface area contributed by atoms with Crippen LogP contribution in [0.3, 0.4) is 0 Å². The highest BCUT2D eigenvalue weighted by Gasteiger charge is 2.14. The predicted octanol–water partition coefficient (Wildman–Crippen LogP) is 1.88. The molecule has 1 aromatic rings. The summed E-state index contributed by atoms with van der Waals surface area (Å²) in [6, 6.07) is 1.96. The second-order valence-electron chi connectivity index (χ2n) is 3.33. The number of pyridine rings is 1. The van der Waals surface area contributed by atoms with Crippen LogP contribution in [0, 0.1) is 6.92 Å². The minimum absolute atomic E-state index is 0.759. The van der Waals surface area contributed by atoms with E-state index >= 15 is 0 Å². The molecule has 3 nitrogen and oxygen atoms in total. The summed E-state index contributed by atoms with van der Waals surface area (Å²) in [5.41, 5.74) is 1.96. The Morgan fingerprint density at radius 3 is 2.86 bits per heavy atom. The van der Waals surface area contributed by atoms with Crippen LogP contribution in [0.15, 0.2) is 12.3 Å². The molecule has 4 heteroatoms. The van der Waals surface area contributed by atoms with Gasteiger partial charge in [-0.15, -0.1) is 0 Å². The van der Waals surface area contributed by atoms with E-state index in [0.717, 1.165) is 42.7 Å². The first-order valence-corrected chi connectivity index (χ1v) is 5.10. The van der Waals surface area contributed by atoms with Gasteiger partial charge < -0.3 is 9.64 Å². The quantitative estimate of drug-likeness (QED) is 0.711. The average Bonchev–Trinajstić information content (AvgIpc) is 2.23. The molecule has 0 aliphatic carbocycles. The van der Waals surface area contributed by atoms with E-state index < -0.39 is 0 Å². The van der Waals surface area contributed by atoms with Gasteiger partial charge in [-0.05, 0) is 13.0 Å². The third-order valence-corrected chi connectivity index (χ3v) is 2.86. The zero-order valence-electron chi connectivity index (χ0n) is 8.16. The summed E-state index contributed by atoms with van der Waals surface area (Å²) in [7, 11) is 0. The third-order valence-electron chi connectivity index (χ3n) is 2.39. The number of aromatic nitrogens is 1. The number of morpholine rings is 1. The molecule has 0 amide bonds. The van der Waals surface area contributed by atoms with Crippen LogP contribution >= 0.6 is 11.6 Å². The molecule has 0 spiro atoms. The summed E-state index contributed by atoms with van der Waals surface area (Å²) in [4.78, 5) is 6.38. The van der Waals surface area contributed by atoms with Crippen LogP contribution < -0.4 is 4.90 Å². The normalized spacial score (nSPS) is 17.1. The van der Waals surface area contributed by atoms with E-state index in [0.29, 0.717) is 0 Å². The minimum atomic E-state index is 0.759. The van der Waals surface area contributed by atoms with Crippen LogP contribution in [0.2, 0.25) is 5.02 Å². The van der Waals surface area contributed by atoms with Gasteiger partial charge in [-0.25, -0.2) is 0 Å². The van der Waals surface area contributed by atoms with Gasteiger partial charge in [-0.1, -0.05) is 11.6 Å². The fraction of sp³-hybridized carbons (Fsp3) is 0.500. The molecule has 0 atom stereocenters. The first-order chi connectivity index (χ1) is 6.79. The second-order valence-corrected chi connectivity index (χ2v) is 3.71. The third kappa shape index (κ3) is 1.83. The van der Waals surface area contributed by atoms with Gasteiger partial charge in [0.25, 0.3) is 0 Å². The zero-order valence-corrected chi connectivity index (χ0v) is 8.92. The smallest absolute Gasteiger partial charge is 0.0851 e. The number of anilines is 1. The van der Waals surface area contributed by atoms with E-state index in [1.54, 1.807) is 6.20 Å². The second kappa shape index (κ2) is 4.15. The minimum Gasteiger partial charge on any atom is -0.378 e. The highest BCUT2D eigenvalue weighted by atomic mass is 35.5. The van der Waals surface area contributed by atoms with Crippen LogP contribution in [0.4, 0.5) is 5.69 Å². The number of aryl methyl sites for hydroxylation is 1. The lowest BCUT2D eigenvalue weighted by molar-refractivity contribution is 0.122. The van der Waals surface area contributed by atoms with Crippen molar-refractivity contribution >= 4 is 17.3 Å². The molecule has 1 aliphatic heterocycles. The Bertz CT molecular complexity index is 324. The first-order valence-electron chi connectivity index (χ1n) is 4.73. The standard InChI is InChI=1S/C10H13ClN2O/c1-8-10(11)9(2-3-12-8)13-4-6-14-7-5-13/h2-3H,4-7H2,1H3. The summed E-state index contributed by atoms with van der Waals surface area (Å²) in [6.45, 7) is 5.29. The summed E-state index contributed by atoms with van der Waals surface area (Å²) >= 11 is 6.18. The van der Waals surface area contributed by atoms with Crippen molar-refractivity contribution in [3.8, 4) is 0 Å². The van der Waals surface area contributed by atoms with Gasteiger partial charge in [0.05, 0.1) is 29.6 Å². The molecule has 0 radical (unpaired) electrons. The Morgan fingerprint density at radius 2 is 2.14 bits per heavy atom. The largest absolute Gasteiger partial charge is 0.378 e. The van der Waals surface area contributed by atoms with E-state index in [-0.39, 0.29) is 0 Å². The molecule has 0 saturated carbocycles. The van der Waals surface area contributed by atoms with E-state index in [4.69, 9.17) is 16.3 Å². The number of rotatable bonds is 1. The van der Waals surface area contributed by atoms with Crippen LogP contribution in [-0.4, -0.2) is 31.3 Å². The topological polar surface area (TPSA) is 25.4 Å². The van der Waals surface area contributed by atoms with Crippen molar-refractivity contribution in [2.24, 2.45) is 0 Å². The lowest BCUT2D eigenvalue weighted by atomic mass is 10.3. The Labute approximate surface area is 88.6 Å². The van der Waals surface area contributed by atoms with Crippen molar-refractivity contribution in [2.45, 2.75) is 6.92 Å². The Balaban J connectivity index is 2.26.